The van der Waals surface area contributed by atoms with Crippen LogP contribution in [-0.4, -0.2) is 48.6 Å². The number of nitrogens with zero attached hydrogens (tertiary/aromatic N) is 1. The van der Waals surface area contributed by atoms with Crippen LogP contribution in [0.4, 0.5) is 5.69 Å². The van der Waals surface area contributed by atoms with Crippen LogP contribution in [0.2, 0.25) is 0 Å². The van der Waals surface area contributed by atoms with Crippen molar-refractivity contribution in [3.8, 4) is 5.75 Å². The molecular weight excluding hydrogens is 356 g/mol. The van der Waals surface area contributed by atoms with Crippen molar-refractivity contribution < 1.29 is 19.1 Å². The molecule has 2 fully saturated rings. The summed E-state index contributed by atoms with van der Waals surface area (Å²) in [6.07, 6.45) is 7.80. The summed E-state index contributed by atoms with van der Waals surface area (Å²) in [6, 6.07) is 7.19. The van der Waals surface area contributed by atoms with Crippen molar-refractivity contribution in [3.63, 3.8) is 0 Å². The molecule has 1 saturated carbocycles. The molecule has 1 aromatic rings. The van der Waals surface area contributed by atoms with Crippen molar-refractivity contribution in [1.29, 1.82) is 0 Å². The first-order valence-electron chi connectivity index (χ1n) is 10.6. The van der Waals surface area contributed by atoms with Crippen molar-refractivity contribution in [2.24, 2.45) is 0 Å². The van der Waals surface area contributed by atoms with Gasteiger partial charge < -0.3 is 19.7 Å². The zero-order valence-electron chi connectivity index (χ0n) is 16.9. The maximum Gasteiger partial charge on any atom is 0.260 e. The summed E-state index contributed by atoms with van der Waals surface area (Å²) in [5.41, 5.74) is 0.0132. The quantitative estimate of drug-likeness (QED) is 0.736. The van der Waals surface area contributed by atoms with Gasteiger partial charge in [-0.15, -0.1) is 0 Å². The third kappa shape index (κ3) is 5.25. The van der Waals surface area contributed by atoms with E-state index < -0.39 is 5.60 Å². The molecule has 0 radical (unpaired) electrons. The molecular formula is C22H32N2O4. The minimum atomic E-state index is -0.703. The number of rotatable bonds is 8. The molecule has 28 heavy (non-hydrogen) atoms. The van der Waals surface area contributed by atoms with Gasteiger partial charge in [-0.1, -0.05) is 26.2 Å². The molecule has 1 heterocycles. The van der Waals surface area contributed by atoms with Gasteiger partial charge in [-0.05, 0) is 56.4 Å². The van der Waals surface area contributed by atoms with E-state index in [4.69, 9.17) is 9.47 Å². The summed E-state index contributed by atoms with van der Waals surface area (Å²) in [5.74, 6) is 0.598. The van der Waals surface area contributed by atoms with Gasteiger partial charge in [0.15, 0.2) is 6.61 Å². The van der Waals surface area contributed by atoms with Crippen LogP contribution in [0.15, 0.2) is 24.3 Å². The lowest BCUT2D eigenvalue weighted by molar-refractivity contribution is -0.146. The van der Waals surface area contributed by atoms with Crippen LogP contribution in [0, 0.1) is 0 Å². The Morgan fingerprint density at radius 2 is 1.71 bits per heavy atom. The number of anilines is 1. The fourth-order valence-electron chi connectivity index (χ4n) is 3.94. The highest BCUT2D eigenvalue weighted by Gasteiger charge is 2.40. The number of hydrogen-bond donors (Lipinski definition) is 1. The van der Waals surface area contributed by atoms with E-state index >= 15 is 0 Å². The van der Waals surface area contributed by atoms with Gasteiger partial charge in [-0.3, -0.25) is 9.59 Å². The number of carbonyl (C=O) groups excluding carboxylic acids is 2. The fraction of sp³-hybridized carbons (Fsp3) is 0.636. The smallest absolute Gasteiger partial charge is 0.260 e. The van der Waals surface area contributed by atoms with Crippen LogP contribution in [0.1, 0.15) is 58.3 Å². The average molecular weight is 389 g/mol. The Balaban J connectivity index is 1.53. The molecule has 1 aromatic carbocycles. The molecule has 1 N–H and O–H groups in total. The van der Waals surface area contributed by atoms with E-state index in [1.807, 2.05) is 17.0 Å². The van der Waals surface area contributed by atoms with Crippen LogP contribution in [0.25, 0.3) is 0 Å². The summed E-state index contributed by atoms with van der Waals surface area (Å²) in [7, 11) is 0. The largest absolute Gasteiger partial charge is 0.484 e. The van der Waals surface area contributed by atoms with E-state index in [9.17, 15) is 9.59 Å². The third-order valence-corrected chi connectivity index (χ3v) is 5.59. The summed E-state index contributed by atoms with van der Waals surface area (Å²) < 4.78 is 11.6. The second-order valence-electron chi connectivity index (χ2n) is 7.76. The van der Waals surface area contributed by atoms with Gasteiger partial charge in [-0.25, -0.2) is 0 Å². The summed E-state index contributed by atoms with van der Waals surface area (Å²) in [6.45, 7) is 4.37. The molecule has 1 saturated heterocycles. The standard InChI is InChI=1S/C22H32N2O4/c1-2-16-28-22(12-4-3-5-13-22)21(26)23-18-8-10-19(11-9-18)27-17-20(25)24-14-6-7-15-24/h8-11H,2-7,12-17H2,1H3,(H,23,26). The molecule has 0 spiro atoms. The molecule has 1 aliphatic carbocycles. The Labute approximate surface area is 167 Å². The molecule has 2 aliphatic rings. The van der Waals surface area contributed by atoms with Gasteiger partial charge in [0.25, 0.3) is 11.8 Å². The maximum absolute atomic E-state index is 12.9. The maximum atomic E-state index is 12.9. The molecule has 1 aliphatic heterocycles. The SMILES string of the molecule is CCCOC1(C(=O)Nc2ccc(OCC(=O)N3CCCC3)cc2)CCCCC1. The van der Waals surface area contributed by atoms with Gasteiger partial charge in [0.1, 0.15) is 11.4 Å². The zero-order chi connectivity index (χ0) is 19.8. The lowest BCUT2D eigenvalue weighted by atomic mass is 9.83. The zero-order valence-corrected chi connectivity index (χ0v) is 16.9. The molecule has 3 rings (SSSR count). The van der Waals surface area contributed by atoms with Crippen molar-refractivity contribution >= 4 is 17.5 Å². The molecule has 6 nitrogen and oxygen atoms in total. The van der Waals surface area contributed by atoms with Crippen molar-refractivity contribution in [2.45, 2.75) is 63.9 Å². The lowest BCUT2D eigenvalue weighted by Gasteiger charge is -2.35. The Bertz CT molecular complexity index is 647. The predicted octanol–water partition coefficient (Wildman–Crippen LogP) is 3.76. The van der Waals surface area contributed by atoms with Gasteiger partial charge in [0, 0.05) is 25.4 Å². The van der Waals surface area contributed by atoms with E-state index in [2.05, 4.69) is 12.2 Å². The van der Waals surface area contributed by atoms with Gasteiger partial charge >= 0.3 is 0 Å². The molecule has 0 unspecified atom stereocenters. The molecule has 0 aromatic heterocycles. The Morgan fingerprint density at radius 1 is 1.04 bits per heavy atom. The van der Waals surface area contributed by atoms with Crippen molar-refractivity contribution in [2.75, 3.05) is 31.6 Å². The van der Waals surface area contributed by atoms with E-state index in [1.165, 1.54) is 0 Å². The minimum absolute atomic E-state index is 0.0298. The lowest BCUT2D eigenvalue weighted by Crippen LogP contribution is -2.47. The van der Waals surface area contributed by atoms with Gasteiger partial charge in [-0.2, -0.15) is 0 Å². The highest BCUT2D eigenvalue weighted by atomic mass is 16.5. The van der Waals surface area contributed by atoms with E-state index in [1.54, 1.807) is 12.1 Å². The highest BCUT2D eigenvalue weighted by Crippen LogP contribution is 2.33. The summed E-state index contributed by atoms with van der Waals surface area (Å²) in [5, 5.41) is 3.00. The first-order valence-corrected chi connectivity index (χ1v) is 10.6. The molecule has 6 heteroatoms. The van der Waals surface area contributed by atoms with Crippen molar-refractivity contribution in [3.05, 3.63) is 24.3 Å². The predicted molar refractivity (Wildman–Crippen MR) is 108 cm³/mol. The second kappa shape index (κ2) is 9.92. The Kier molecular flexibility index (Phi) is 7.31. The first-order chi connectivity index (χ1) is 13.6. The monoisotopic (exact) mass is 388 g/mol. The summed E-state index contributed by atoms with van der Waals surface area (Å²) in [4.78, 5) is 26.8. The van der Waals surface area contributed by atoms with Crippen LogP contribution >= 0.6 is 0 Å². The minimum Gasteiger partial charge on any atom is -0.484 e. The number of hydrogen-bond acceptors (Lipinski definition) is 4. The van der Waals surface area contributed by atoms with Crippen molar-refractivity contribution in [1.82, 2.24) is 4.90 Å². The van der Waals surface area contributed by atoms with Gasteiger partial charge in [0.2, 0.25) is 0 Å². The molecule has 0 bridgehead atoms. The van der Waals surface area contributed by atoms with Crippen LogP contribution < -0.4 is 10.1 Å². The molecule has 0 atom stereocenters. The highest BCUT2D eigenvalue weighted by molar-refractivity contribution is 5.97. The van der Waals surface area contributed by atoms with Crippen LogP contribution in [0.5, 0.6) is 5.75 Å². The average Bonchev–Trinajstić information content (AvgIpc) is 3.27. The number of benzene rings is 1. The number of ether oxygens (including phenoxy) is 2. The van der Waals surface area contributed by atoms with Crippen LogP contribution in [0.3, 0.4) is 0 Å². The first kappa shape index (κ1) is 20.6. The molecule has 154 valence electrons. The number of likely N-dealkylation sites (tertiary alicyclic amines) is 1. The van der Waals surface area contributed by atoms with Crippen LogP contribution in [-0.2, 0) is 14.3 Å². The normalized spacial score (nSPS) is 18.7. The number of nitrogens with one attached hydrogen (secondary N) is 1. The van der Waals surface area contributed by atoms with E-state index in [0.717, 1.165) is 64.5 Å². The third-order valence-electron chi connectivity index (χ3n) is 5.59. The second-order valence-corrected chi connectivity index (χ2v) is 7.76. The van der Waals surface area contributed by atoms with Gasteiger partial charge in [0.05, 0.1) is 0 Å². The Morgan fingerprint density at radius 3 is 2.36 bits per heavy atom. The number of amides is 2. The molecule has 2 amide bonds. The summed E-state index contributed by atoms with van der Waals surface area (Å²) >= 11 is 0. The number of carbonyl (C=O) groups is 2. The topological polar surface area (TPSA) is 67.9 Å². The van der Waals surface area contributed by atoms with E-state index in [-0.39, 0.29) is 18.4 Å². The Hall–Kier alpha value is -2.08. The fourth-order valence-corrected chi connectivity index (χ4v) is 3.94. The van der Waals surface area contributed by atoms with E-state index in [0.29, 0.717) is 18.0 Å².